The molecule has 0 atom stereocenters. The van der Waals surface area contributed by atoms with E-state index in [0.29, 0.717) is 21.5 Å². The summed E-state index contributed by atoms with van der Waals surface area (Å²) in [4.78, 5) is 23.3. The van der Waals surface area contributed by atoms with E-state index in [1.54, 1.807) is 12.1 Å². The summed E-state index contributed by atoms with van der Waals surface area (Å²) in [6, 6.07) is 9.17. The molecule has 0 aromatic heterocycles. The first-order chi connectivity index (χ1) is 12.3. The third-order valence-electron chi connectivity index (χ3n) is 2.85. The average molecular weight is 438 g/mol. The van der Waals surface area contributed by atoms with Crippen molar-refractivity contribution in [1.29, 1.82) is 0 Å². The molecule has 0 fully saturated rings. The zero-order chi connectivity index (χ0) is 19.1. The highest BCUT2D eigenvalue weighted by atomic mass is 35.5. The predicted molar refractivity (Wildman–Crippen MR) is 100 cm³/mol. The number of ether oxygens (including phenoxy) is 2. The topological polar surface area (TPSA) is 76.7 Å². The van der Waals surface area contributed by atoms with Gasteiger partial charge >= 0.3 is 0 Å². The first-order valence-corrected chi connectivity index (χ1v) is 8.59. The quantitative estimate of drug-likeness (QED) is 0.671. The Kier molecular flexibility index (Phi) is 7.66. The van der Waals surface area contributed by atoms with Crippen molar-refractivity contribution in [3.05, 3.63) is 56.5 Å². The Bertz CT molecular complexity index is 749. The summed E-state index contributed by atoms with van der Waals surface area (Å²) >= 11 is 23.4. The molecular weight excluding hydrogens is 426 g/mol. The van der Waals surface area contributed by atoms with Crippen molar-refractivity contribution in [2.75, 3.05) is 13.2 Å². The number of amides is 2. The molecule has 0 saturated heterocycles. The lowest BCUT2D eigenvalue weighted by Gasteiger charge is -2.11. The van der Waals surface area contributed by atoms with Gasteiger partial charge in [0.15, 0.2) is 13.2 Å². The summed E-state index contributed by atoms with van der Waals surface area (Å²) in [6.45, 7) is -0.711. The highest BCUT2D eigenvalue weighted by Crippen LogP contribution is 2.28. The Morgan fingerprint density at radius 3 is 1.46 bits per heavy atom. The Morgan fingerprint density at radius 1 is 0.731 bits per heavy atom. The van der Waals surface area contributed by atoms with Gasteiger partial charge in [-0.2, -0.15) is 0 Å². The molecule has 26 heavy (non-hydrogen) atoms. The third kappa shape index (κ3) is 6.46. The van der Waals surface area contributed by atoms with Crippen LogP contribution in [0.5, 0.6) is 11.5 Å². The first-order valence-electron chi connectivity index (χ1n) is 7.08. The van der Waals surface area contributed by atoms with E-state index in [9.17, 15) is 9.59 Å². The molecule has 0 radical (unpaired) electrons. The second kappa shape index (κ2) is 9.73. The van der Waals surface area contributed by atoms with Gasteiger partial charge in [0.2, 0.25) is 0 Å². The van der Waals surface area contributed by atoms with Crippen LogP contribution in [0, 0.1) is 0 Å². The normalized spacial score (nSPS) is 10.2. The lowest BCUT2D eigenvalue weighted by atomic mass is 10.3. The van der Waals surface area contributed by atoms with Gasteiger partial charge in [0.1, 0.15) is 11.5 Å². The monoisotopic (exact) mass is 436 g/mol. The molecule has 0 heterocycles. The van der Waals surface area contributed by atoms with E-state index in [4.69, 9.17) is 55.9 Å². The predicted octanol–water partition coefficient (Wildman–Crippen LogP) is 3.91. The maximum absolute atomic E-state index is 11.7. The molecule has 10 heteroatoms. The van der Waals surface area contributed by atoms with Crippen molar-refractivity contribution in [2.24, 2.45) is 0 Å². The summed E-state index contributed by atoms with van der Waals surface area (Å²) < 4.78 is 10.5. The molecule has 2 aromatic rings. The van der Waals surface area contributed by atoms with Crippen LogP contribution >= 0.6 is 46.4 Å². The zero-order valence-electron chi connectivity index (χ0n) is 13.0. The van der Waals surface area contributed by atoms with Crippen molar-refractivity contribution in [2.45, 2.75) is 0 Å². The molecule has 0 spiro atoms. The summed E-state index contributed by atoms with van der Waals surface area (Å²) in [6.07, 6.45) is 0. The van der Waals surface area contributed by atoms with Gasteiger partial charge in [0.05, 0.1) is 10.0 Å². The Hall–Kier alpha value is -1.86. The maximum Gasteiger partial charge on any atom is 0.276 e. The van der Waals surface area contributed by atoms with E-state index in [2.05, 4.69) is 10.9 Å². The van der Waals surface area contributed by atoms with Crippen LogP contribution in [0.1, 0.15) is 0 Å². The van der Waals surface area contributed by atoms with Crippen LogP contribution in [0.4, 0.5) is 0 Å². The molecule has 6 nitrogen and oxygen atoms in total. The average Bonchev–Trinajstić information content (AvgIpc) is 2.58. The summed E-state index contributed by atoms with van der Waals surface area (Å²) in [5, 5.41) is 1.42. The number of rotatable bonds is 6. The molecule has 0 unspecified atom stereocenters. The number of hydrogen-bond donors (Lipinski definition) is 2. The lowest BCUT2D eigenvalue weighted by Crippen LogP contribution is -2.45. The van der Waals surface area contributed by atoms with Gasteiger partial charge in [0, 0.05) is 10.0 Å². The molecule has 2 amide bonds. The van der Waals surface area contributed by atoms with Crippen molar-refractivity contribution >= 4 is 58.2 Å². The molecule has 0 aliphatic heterocycles. The van der Waals surface area contributed by atoms with Crippen LogP contribution in [-0.4, -0.2) is 25.0 Å². The molecule has 0 aliphatic carbocycles. The van der Waals surface area contributed by atoms with Crippen LogP contribution in [0.15, 0.2) is 36.4 Å². The molecule has 2 aromatic carbocycles. The molecule has 2 rings (SSSR count). The van der Waals surface area contributed by atoms with Crippen LogP contribution in [0.2, 0.25) is 20.1 Å². The molecule has 138 valence electrons. The molecule has 2 N–H and O–H groups in total. The Labute approximate surface area is 169 Å². The standard InChI is InChI=1S/C16H12Cl4N2O4/c17-9-1-3-13(11(19)5-9)25-7-15(23)21-22-16(24)8-26-14-4-2-10(18)6-12(14)20/h1-6H,7-8H2,(H,21,23)(H,22,24). The van der Waals surface area contributed by atoms with Crippen LogP contribution in [0.25, 0.3) is 0 Å². The SMILES string of the molecule is O=C(COc1ccc(Cl)cc1Cl)NNC(=O)COc1ccc(Cl)cc1Cl. The fourth-order valence-corrected chi connectivity index (χ4v) is 2.61. The van der Waals surface area contributed by atoms with E-state index in [-0.39, 0.29) is 23.3 Å². The Morgan fingerprint density at radius 2 is 1.12 bits per heavy atom. The number of halogens is 4. The minimum Gasteiger partial charge on any atom is -0.482 e. The largest absolute Gasteiger partial charge is 0.482 e. The Balaban J connectivity index is 1.72. The van der Waals surface area contributed by atoms with Gasteiger partial charge in [-0.25, -0.2) is 0 Å². The van der Waals surface area contributed by atoms with E-state index in [1.165, 1.54) is 24.3 Å². The number of nitrogens with one attached hydrogen (secondary N) is 2. The highest BCUT2D eigenvalue weighted by molar-refractivity contribution is 6.36. The van der Waals surface area contributed by atoms with E-state index in [1.807, 2.05) is 0 Å². The third-order valence-corrected chi connectivity index (χ3v) is 3.91. The molecule has 0 bridgehead atoms. The van der Waals surface area contributed by atoms with E-state index >= 15 is 0 Å². The summed E-state index contributed by atoms with van der Waals surface area (Å²) in [7, 11) is 0. The lowest BCUT2D eigenvalue weighted by molar-refractivity contribution is -0.131. The second-order valence-corrected chi connectivity index (χ2v) is 6.51. The van der Waals surface area contributed by atoms with Gasteiger partial charge in [-0.15, -0.1) is 0 Å². The van der Waals surface area contributed by atoms with E-state index < -0.39 is 11.8 Å². The van der Waals surface area contributed by atoms with Crippen LogP contribution in [-0.2, 0) is 9.59 Å². The summed E-state index contributed by atoms with van der Waals surface area (Å²) in [5.41, 5.74) is 4.35. The van der Waals surface area contributed by atoms with E-state index in [0.717, 1.165) is 0 Å². The minimum absolute atomic E-state index is 0.266. The minimum atomic E-state index is -0.589. The number of carbonyl (C=O) groups excluding carboxylic acids is 2. The smallest absolute Gasteiger partial charge is 0.276 e. The van der Waals surface area contributed by atoms with Crippen LogP contribution in [0.3, 0.4) is 0 Å². The van der Waals surface area contributed by atoms with Gasteiger partial charge in [-0.1, -0.05) is 46.4 Å². The summed E-state index contributed by atoms with van der Waals surface area (Å²) in [5.74, 6) is -0.598. The van der Waals surface area contributed by atoms with Crippen molar-refractivity contribution < 1.29 is 19.1 Å². The van der Waals surface area contributed by atoms with Gasteiger partial charge in [-0.3, -0.25) is 20.4 Å². The van der Waals surface area contributed by atoms with Gasteiger partial charge < -0.3 is 9.47 Å². The van der Waals surface area contributed by atoms with Crippen molar-refractivity contribution in [1.82, 2.24) is 10.9 Å². The number of hydrazine groups is 1. The van der Waals surface area contributed by atoms with Crippen molar-refractivity contribution in [3.63, 3.8) is 0 Å². The van der Waals surface area contributed by atoms with Crippen LogP contribution < -0.4 is 20.3 Å². The maximum atomic E-state index is 11.7. The molecule has 0 aliphatic rings. The number of hydrogen-bond acceptors (Lipinski definition) is 4. The van der Waals surface area contributed by atoms with Gasteiger partial charge in [-0.05, 0) is 36.4 Å². The highest BCUT2D eigenvalue weighted by Gasteiger charge is 2.09. The fourth-order valence-electron chi connectivity index (χ4n) is 1.68. The number of benzene rings is 2. The molecular formula is C16H12Cl4N2O4. The van der Waals surface area contributed by atoms with Gasteiger partial charge in [0.25, 0.3) is 11.8 Å². The second-order valence-electron chi connectivity index (χ2n) is 4.82. The molecule has 0 saturated carbocycles. The fraction of sp³-hybridized carbons (Fsp3) is 0.125. The zero-order valence-corrected chi connectivity index (χ0v) is 16.0. The number of carbonyl (C=O) groups is 2. The van der Waals surface area contributed by atoms with Crippen molar-refractivity contribution in [3.8, 4) is 11.5 Å². The first kappa shape index (κ1) is 20.5.